The molecular weight excluding hydrogens is 442 g/mol. The Kier molecular flexibility index (Phi) is 5.89. The van der Waals surface area contributed by atoms with Crippen LogP contribution in [0.3, 0.4) is 0 Å². The van der Waals surface area contributed by atoms with Crippen LogP contribution in [-0.4, -0.2) is 40.9 Å². The number of halogens is 2. The van der Waals surface area contributed by atoms with Crippen LogP contribution >= 0.6 is 0 Å². The van der Waals surface area contributed by atoms with E-state index in [0.717, 1.165) is 37.2 Å². The van der Waals surface area contributed by atoms with Crippen molar-refractivity contribution >= 4 is 23.3 Å². The second-order valence-electron chi connectivity index (χ2n) is 8.25. The van der Waals surface area contributed by atoms with Crippen LogP contribution in [0.2, 0.25) is 0 Å². The van der Waals surface area contributed by atoms with E-state index in [4.69, 9.17) is 0 Å². The van der Waals surface area contributed by atoms with Gasteiger partial charge in [-0.25, -0.2) is 18.7 Å². The van der Waals surface area contributed by atoms with E-state index < -0.39 is 11.6 Å². The lowest BCUT2D eigenvalue weighted by molar-refractivity contribution is -0.121. The Hall–Kier alpha value is -3.92. The van der Waals surface area contributed by atoms with Crippen molar-refractivity contribution in [2.45, 2.75) is 25.4 Å². The van der Waals surface area contributed by atoms with Crippen molar-refractivity contribution in [2.75, 3.05) is 18.4 Å². The fourth-order valence-electron chi connectivity index (χ4n) is 4.12. The zero-order chi connectivity index (χ0) is 23.7. The Bertz CT molecular complexity index is 1240. The third-order valence-electron chi connectivity index (χ3n) is 5.82. The molecule has 5 rings (SSSR count). The maximum absolute atomic E-state index is 14.3. The number of hydrogen-bond acceptors (Lipinski definition) is 6. The topological polar surface area (TPSA) is 108 Å². The van der Waals surface area contributed by atoms with Gasteiger partial charge in [0.05, 0.1) is 24.2 Å². The van der Waals surface area contributed by atoms with Crippen molar-refractivity contribution in [3.63, 3.8) is 0 Å². The van der Waals surface area contributed by atoms with Crippen LogP contribution in [0.5, 0.6) is 0 Å². The standard InChI is InChI=1S/C24H22F2N6O2/c25-16-2-1-3-17(26)20(16)22-31-18-12-28-24(34)21(18)23(32-22)30-14-6-4-13(5-7-14)10-19(33)29-15-8-9-27-11-15/h1-7,15,27H,8-12H2,(H,28,34)(H,29,33)(H,30,31,32). The molecule has 2 amide bonds. The van der Waals surface area contributed by atoms with Crippen molar-refractivity contribution < 1.29 is 18.4 Å². The number of nitrogens with one attached hydrogen (secondary N) is 4. The van der Waals surface area contributed by atoms with E-state index in [9.17, 15) is 18.4 Å². The van der Waals surface area contributed by atoms with Gasteiger partial charge in [0.15, 0.2) is 5.82 Å². The summed E-state index contributed by atoms with van der Waals surface area (Å²) in [6.45, 7) is 1.82. The maximum atomic E-state index is 14.3. The van der Waals surface area contributed by atoms with Crippen LogP contribution in [0, 0.1) is 11.6 Å². The molecule has 2 aliphatic heterocycles. The Labute approximate surface area is 194 Å². The lowest BCUT2D eigenvalue weighted by Crippen LogP contribution is -2.37. The monoisotopic (exact) mass is 464 g/mol. The zero-order valence-electron chi connectivity index (χ0n) is 18.1. The second-order valence-corrected chi connectivity index (χ2v) is 8.25. The van der Waals surface area contributed by atoms with Crippen molar-refractivity contribution in [1.82, 2.24) is 25.9 Å². The minimum atomic E-state index is -0.792. The first-order valence-corrected chi connectivity index (χ1v) is 11.0. The first kappa shape index (κ1) is 21.9. The summed E-state index contributed by atoms with van der Waals surface area (Å²) in [4.78, 5) is 33.1. The molecule has 1 atom stereocenters. The molecule has 174 valence electrons. The van der Waals surface area contributed by atoms with E-state index in [1.807, 2.05) is 0 Å². The van der Waals surface area contributed by atoms with Crippen molar-refractivity contribution in [3.8, 4) is 11.4 Å². The summed E-state index contributed by atoms with van der Waals surface area (Å²) in [5, 5.41) is 11.9. The summed E-state index contributed by atoms with van der Waals surface area (Å²) in [7, 11) is 0. The first-order valence-electron chi connectivity index (χ1n) is 11.0. The molecule has 0 spiro atoms. The summed E-state index contributed by atoms with van der Waals surface area (Å²) in [6, 6.07) is 10.8. The molecule has 1 aromatic heterocycles. The number of benzene rings is 2. The highest BCUT2D eigenvalue weighted by Gasteiger charge is 2.28. The summed E-state index contributed by atoms with van der Waals surface area (Å²) in [5.74, 6) is -2.00. The van der Waals surface area contributed by atoms with Gasteiger partial charge in [0, 0.05) is 18.3 Å². The molecule has 0 radical (unpaired) electrons. The number of carbonyl (C=O) groups is 2. The molecule has 1 fully saturated rings. The lowest BCUT2D eigenvalue weighted by Gasteiger charge is -2.13. The van der Waals surface area contributed by atoms with E-state index in [1.165, 1.54) is 6.07 Å². The summed E-state index contributed by atoms with van der Waals surface area (Å²) in [5.41, 5.74) is 1.66. The normalized spacial score (nSPS) is 16.8. The van der Waals surface area contributed by atoms with Gasteiger partial charge in [-0.15, -0.1) is 0 Å². The predicted octanol–water partition coefficient (Wildman–Crippen LogP) is 2.43. The van der Waals surface area contributed by atoms with E-state index in [0.29, 0.717) is 11.4 Å². The van der Waals surface area contributed by atoms with E-state index in [1.54, 1.807) is 24.3 Å². The minimum absolute atomic E-state index is 0.0451. The number of hydrogen-bond donors (Lipinski definition) is 4. The molecule has 0 saturated carbocycles. The summed E-state index contributed by atoms with van der Waals surface area (Å²) in [6.07, 6.45) is 1.17. The highest BCUT2D eigenvalue weighted by molar-refractivity contribution is 6.03. The molecule has 2 aromatic carbocycles. The molecule has 1 unspecified atom stereocenters. The van der Waals surface area contributed by atoms with Crippen LogP contribution in [0.25, 0.3) is 11.4 Å². The van der Waals surface area contributed by atoms with Crippen LogP contribution < -0.4 is 21.3 Å². The quantitative estimate of drug-likeness (QED) is 0.446. The number of rotatable bonds is 6. The fraction of sp³-hybridized carbons (Fsp3) is 0.250. The van der Waals surface area contributed by atoms with E-state index in [-0.39, 0.29) is 53.6 Å². The maximum Gasteiger partial charge on any atom is 0.257 e. The van der Waals surface area contributed by atoms with E-state index >= 15 is 0 Å². The van der Waals surface area contributed by atoms with Gasteiger partial charge in [-0.1, -0.05) is 18.2 Å². The van der Waals surface area contributed by atoms with Gasteiger partial charge in [-0.3, -0.25) is 9.59 Å². The van der Waals surface area contributed by atoms with Crippen LogP contribution in [0.1, 0.15) is 28.0 Å². The van der Waals surface area contributed by atoms with Gasteiger partial charge in [-0.2, -0.15) is 0 Å². The van der Waals surface area contributed by atoms with E-state index in [2.05, 4.69) is 31.2 Å². The number of anilines is 2. The number of nitrogens with zero attached hydrogens (tertiary/aromatic N) is 2. The summed E-state index contributed by atoms with van der Waals surface area (Å²) < 4.78 is 28.7. The number of aromatic nitrogens is 2. The highest BCUT2D eigenvalue weighted by Crippen LogP contribution is 2.30. The van der Waals surface area contributed by atoms with Gasteiger partial charge < -0.3 is 21.3 Å². The molecule has 3 aromatic rings. The second kappa shape index (κ2) is 9.14. The SMILES string of the molecule is O=C(Cc1ccc(Nc2nc(-c3c(F)cccc3F)nc3c2C(=O)NC3)cc1)NC1CCNC1. The third kappa shape index (κ3) is 4.44. The molecule has 0 aliphatic carbocycles. The largest absolute Gasteiger partial charge is 0.352 e. The molecule has 3 heterocycles. The molecule has 34 heavy (non-hydrogen) atoms. The molecular formula is C24H22F2N6O2. The number of fused-ring (bicyclic) bond motifs is 1. The third-order valence-corrected chi connectivity index (χ3v) is 5.82. The molecule has 1 saturated heterocycles. The van der Waals surface area contributed by atoms with Crippen molar-refractivity contribution in [2.24, 2.45) is 0 Å². The Morgan fingerprint density at radius 1 is 1.06 bits per heavy atom. The smallest absolute Gasteiger partial charge is 0.257 e. The van der Waals surface area contributed by atoms with Gasteiger partial charge in [0.25, 0.3) is 5.91 Å². The summed E-state index contributed by atoms with van der Waals surface area (Å²) >= 11 is 0. The lowest BCUT2D eigenvalue weighted by atomic mass is 10.1. The minimum Gasteiger partial charge on any atom is -0.352 e. The first-order chi connectivity index (χ1) is 16.5. The fourth-order valence-corrected chi connectivity index (χ4v) is 4.12. The van der Waals surface area contributed by atoms with Gasteiger partial charge in [0.2, 0.25) is 5.91 Å². The average Bonchev–Trinajstić information content (AvgIpc) is 3.45. The predicted molar refractivity (Wildman–Crippen MR) is 121 cm³/mol. The molecule has 8 nitrogen and oxygen atoms in total. The number of amides is 2. The van der Waals surface area contributed by atoms with Gasteiger partial charge in [-0.05, 0) is 42.8 Å². The Morgan fingerprint density at radius 3 is 2.53 bits per heavy atom. The molecule has 2 aliphatic rings. The van der Waals surface area contributed by atoms with Gasteiger partial charge in [0.1, 0.15) is 23.0 Å². The van der Waals surface area contributed by atoms with Crippen molar-refractivity contribution in [3.05, 3.63) is 70.9 Å². The number of carbonyl (C=O) groups excluding carboxylic acids is 2. The van der Waals surface area contributed by atoms with Crippen LogP contribution in [0.4, 0.5) is 20.3 Å². The zero-order valence-corrected chi connectivity index (χ0v) is 18.1. The average molecular weight is 464 g/mol. The van der Waals surface area contributed by atoms with Gasteiger partial charge >= 0.3 is 0 Å². The van der Waals surface area contributed by atoms with Crippen LogP contribution in [-0.2, 0) is 17.8 Å². The van der Waals surface area contributed by atoms with Crippen LogP contribution in [0.15, 0.2) is 42.5 Å². The Morgan fingerprint density at radius 2 is 1.82 bits per heavy atom. The molecule has 4 N–H and O–H groups in total. The van der Waals surface area contributed by atoms with Crippen molar-refractivity contribution in [1.29, 1.82) is 0 Å². The Balaban J connectivity index is 1.38. The molecule has 0 bridgehead atoms. The highest BCUT2D eigenvalue weighted by atomic mass is 19.1. The molecule has 10 heteroatoms.